The van der Waals surface area contributed by atoms with Gasteiger partial charge in [-0.05, 0) is 91.4 Å². The number of nitrogens with one attached hydrogen (secondary N) is 1. The molecule has 1 atom stereocenters. The maximum Gasteiger partial charge on any atom is 0.311 e. The Morgan fingerprint density at radius 1 is 0.947 bits per heavy atom. The van der Waals surface area contributed by atoms with Crippen LogP contribution in [-0.2, 0) is 19.1 Å². The van der Waals surface area contributed by atoms with E-state index in [4.69, 9.17) is 9.47 Å². The first-order chi connectivity index (χ1) is 18.1. The van der Waals surface area contributed by atoms with Gasteiger partial charge in [0.05, 0.1) is 5.92 Å². The van der Waals surface area contributed by atoms with Crippen molar-refractivity contribution in [2.24, 2.45) is 5.92 Å². The molecule has 7 nitrogen and oxygen atoms in total. The quantitative estimate of drug-likeness (QED) is 0.369. The molecule has 0 radical (unpaired) electrons. The summed E-state index contributed by atoms with van der Waals surface area (Å²) in [5, 5.41) is 2.74. The highest BCUT2D eigenvalue weighted by molar-refractivity contribution is 6.00. The summed E-state index contributed by atoms with van der Waals surface area (Å²) < 4.78 is 11.4. The highest BCUT2D eigenvalue weighted by Crippen LogP contribution is 2.33. The van der Waals surface area contributed by atoms with E-state index in [0.717, 1.165) is 28.0 Å². The number of carbonyl (C=O) groups excluding carboxylic acids is 3. The summed E-state index contributed by atoms with van der Waals surface area (Å²) in [7, 11) is 0. The first kappa shape index (κ1) is 26.9. The minimum absolute atomic E-state index is 0.0385. The second-order valence-electron chi connectivity index (χ2n) is 10.2. The molecule has 1 aliphatic heterocycles. The maximum absolute atomic E-state index is 12.7. The minimum Gasteiger partial charge on any atom is -0.457 e. The normalized spacial score (nSPS) is 15.1. The molecule has 38 heavy (non-hydrogen) atoms. The smallest absolute Gasteiger partial charge is 0.311 e. The van der Waals surface area contributed by atoms with Crippen molar-refractivity contribution in [2.75, 3.05) is 23.4 Å². The van der Waals surface area contributed by atoms with Crippen LogP contribution in [0.1, 0.15) is 48.4 Å². The van der Waals surface area contributed by atoms with E-state index in [0.29, 0.717) is 23.0 Å². The molecule has 0 unspecified atom stereocenters. The van der Waals surface area contributed by atoms with Crippen molar-refractivity contribution < 1.29 is 23.9 Å². The van der Waals surface area contributed by atoms with Crippen molar-refractivity contribution in [1.82, 2.24) is 0 Å². The molecular formula is C31H34N2O5. The second-order valence-corrected chi connectivity index (χ2v) is 10.2. The zero-order chi connectivity index (χ0) is 27.4. The highest BCUT2D eigenvalue weighted by atomic mass is 16.5. The molecule has 0 aliphatic carbocycles. The van der Waals surface area contributed by atoms with Gasteiger partial charge < -0.3 is 19.7 Å². The number of benzene rings is 3. The fourth-order valence-corrected chi connectivity index (χ4v) is 4.64. The third-order valence-electron chi connectivity index (χ3n) is 6.48. The number of amides is 2. The van der Waals surface area contributed by atoms with Crippen molar-refractivity contribution in [1.29, 1.82) is 0 Å². The standard InChI is InChI=1S/C31H34N2O5/c1-19(2)27-11-6-20(3)15-28(27)38-26-9-7-25(8-10-26)33-17-23(16-30(33)35)31(36)37-18-29(34)32-24-13-21(4)12-22(5)14-24/h6-15,19,23H,16-18H2,1-5H3,(H,32,34)/t23-/m1/s1. The Labute approximate surface area is 223 Å². The van der Waals surface area contributed by atoms with Gasteiger partial charge in [0.2, 0.25) is 5.91 Å². The van der Waals surface area contributed by atoms with Crippen LogP contribution in [0.2, 0.25) is 0 Å². The van der Waals surface area contributed by atoms with Gasteiger partial charge in [0, 0.05) is 24.3 Å². The van der Waals surface area contributed by atoms with Gasteiger partial charge in [0.1, 0.15) is 11.5 Å². The average molecular weight is 515 g/mol. The lowest BCUT2D eigenvalue weighted by atomic mass is 10.0. The highest BCUT2D eigenvalue weighted by Gasteiger charge is 2.36. The number of rotatable bonds is 8. The number of nitrogens with zero attached hydrogens (tertiary/aromatic N) is 1. The monoisotopic (exact) mass is 514 g/mol. The molecule has 0 aromatic heterocycles. The van der Waals surface area contributed by atoms with E-state index in [2.05, 4.69) is 31.3 Å². The van der Waals surface area contributed by atoms with Crippen LogP contribution in [0.25, 0.3) is 0 Å². The second kappa shape index (κ2) is 11.5. The molecule has 1 fully saturated rings. The van der Waals surface area contributed by atoms with Crippen molar-refractivity contribution in [3.8, 4) is 11.5 Å². The van der Waals surface area contributed by atoms with Gasteiger partial charge in [0.15, 0.2) is 6.61 Å². The molecule has 4 rings (SSSR count). The van der Waals surface area contributed by atoms with Crippen LogP contribution in [-0.4, -0.2) is 30.9 Å². The largest absolute Gasteiger partial charge is 0.457 e. The molecule has 7 heteroatoms. The predicted octanol–water partition coefficient (Wildman–Crippen LogP) is 6.06. The number of hydrogen-bond donors (Lipinski definition) is 1. The summed E-state index contributed by atoms with van der Waals surface area (Å²) in [4.78, 5) is 39.1. The van der Waals surface area contributed by atoms with Gasteiger partial charge in [0.25, 0.3) is 5.91 Å². The first-order valence-corrected chi connectivity index (χ1v) is 12.8. The molecule has 1 aliphatic rings. The van der Waals surface area contributed by atoms with E-state index < -0.39 is 24.4 Å². The summed E-state index contributed by atoms with van der Waals surface area (Å²) in [6, 6.07) is 19.1. The number of esters is 1. The fraction of sp³-hybridized carbons (Fsp3) is 0.323. The zero-order valence-electron chi connectivity index (χ0n) is 22.5. The van der Waals surface area contributed by atoms with Crippen molar-refractivity contribution in [2.45, 2.75) is 47.0 Å². The molecule has 198 valence electrons. The number of aryl methyl sites for hydroxylation is 3. The number of hydrogen-bond acceptors (Lipinski definition) is 5. The van der Waals surface area contributed by atoms with Crippen molar-refractivity contribution >= 4 is 29.2 Å². The van der Waals surface area contributed by atoms with Crippen LogP contribution in [0.3, 0.4) is 0 Å². The van der Waals surface area contributed by atoms with E-state index in [1.807, 2.05) is 69.3 Å². The molecule has 2 amide bonds. The Morgan fingerprint density at radius 2 is 1.63 bits per heavy atom. The van der Waals surface area contributed by atoms with Gasteiger partial charge in [-0.2, -0.15) is 0 Å². The van der Waals surface area contributed by atoms with E-state index in [1.165, 1.54) is 0 Å². The average Bonchev–Trinajstić information content (AvgIpc) is 3.24. The van der Waals surface area contributed by atoms with Crippen LogP contribution in [0, 0.1) is 26.7 Å². The van der Waals surface area contributed by atoms with E-state index in [1.54, 1.807) is 4.90 Å². The number of anilines is 2. The van der Waals surface area contributed by atoms with E-state index in [9.17, 15) is 14.4 Å². The Hall–Kier alpha value is -4.13. The molecule has 0 saturated carbocycles. The van der Waals surface area contributed by atoms with Gasteiger partial charge in [-0.15, -0.1) is 0 Å². The molecule has 0 spiro atoms. The maximum atomic E-state index is 12.7. The minimum atomic E-state index is -0.631. The molecular weight excluding hydrogens is 480 g/mol. The third-order valence-corrected chi connectivity index (χ3v) is 6.48. The van der Waals surface area contributed by atoms with Crippen molar-refractivity contribution in [3.63, 3.8) is 0 Å². The third kappa shape index (κ3) is 6.59. The lowest BCUT2D eigenvalue weighted by Gasteiger charge is -2.18. The van der Waals surface area contributed by atoms with Crippen LogP contribution >= 0.6 is 0 Å². The number of ether oxygens (including phenoxy) is 2. The van der Waals surface area contributed by atoms with Crippen LogP contribution in [0.4, 0.5) is 11.4 Å². The Kier molecular flexibility index (Phi) is 8.15. The SMILES string of the molecule is Cc1cc(C)cc(NC(=O)COC(=O)[C@@H]2CC(=O)N(c3ccc(Oc4cc(C)ccc4C(C)C)cc3)C2)c1. The van der Waals surface area contributed by atoms with Gasteiger partial charge in [-0.1, -0.05) is 32.0 Å². The van der Waals surface area contributed by atoms with Gasteiger partial charge >= 0.3 is 5.97 Å². The van der Waals surface area contributed by atoms with Crippen LogP contribution < -0.4 is 15.0 Å². The van der Waals surface area contributed by atoms with Gasteiger partial charge in [-0.3, -0.25) is 14.4 Å². The summed E-state index contributed by atoms with van der Waals surface area (Å²) >= 11 is 0. The summed E-state index contributed by atoms with van der Waals surface area (Å²) in [5.41, 5.74) is 5.62. The topological polar surface area (TPSA) is 84.9 Å². The molecule has 3 aromatic rings. The Bertz CT molecular complexity index is 1330. The van der Waals surface area contributed by atoms with Crippen LogP contribution in [0.15, 0.2) is 60.7 Å². The molecule has 3 aromatic carbocycles. The van der Waals surface area contributed by atoms with E-state index >= 15 is 0 Å². The summed E-state index contributed by atoms with van der Waals surface area (Å²) in [6.07, 6.45) is 0.0385. The Morgan fingerprint density at radius 3 is 2.29 bits per heavy atom. The number of carbonyl (C=O) groups is 3. The Balaban J connectivity index is 1.33. The lowest BCUT2D eigenvalue weighted by Crippen LogP contribution is -2.28. The van der Waals surface area contributed by atoms with Crippen LogP contribution in [0.5, 0.6) is 11.5 Å². The first-order valence-electron chi connectivity index (χ1n) is 12.8. The molecule has 1 N–H and O–H groups in total. The fourth-order valence-electron chi connectivity index (χ4n) is 4.64. The zero-order valence-corrected chi connectivity index (χ0v) is 22.5. The van der Waals surface area contributed by atoms with Gasteiger partial charge in [-0.25, -0.2) is 0 Å². The summed E-state index contributed by atoms with van der Waals surface area (Å²) in [6.45, 7) is 9.96. The predicted molar refractivity (Wildman–Crippen MR) is 148 cm³/mol. The molecule has 1 heterocycles. The molecule has 1 saturated heterocycles. The summed E-state index contributed by atoms with van der Waals surface area (Å²) in [5.74, 6) is 0.0236. The van der Waals surface area contributed by atoms with Crippen molar-refractivity contribution in [3.05, 3.63) is 82.9 Å². The van der Waals surface area contributed by atoms with E-state index in [-0.39, 0.29) is 18.9 Å². The molecule has 0 bridgehead atoms. The lowest BCUT2D eigenvalue weighted by molar-refractivity contribution is -0.151.